The van der Waals surface area contributed by atoms with Crippen molar-refractivity contribution in [3.05, 3.63) is 40.0 Å². The van der Waals surface area contributed by atoms with Crippen molar-refractivity contribution in [2.45, 2.75) is 51.8 Å². The monoisotopic (exact) mass is 501 g/mol. The second-order valence-corrected chi connectivity index (χ2v) is 7.67. The van der Waals surface area contributed by atoms with Crippen molar-refractivity contribution in [1.82, 2.24) is 20.2 Å². The van der Waals surface area contributed by atoms with Crippen molar-refractivity contribution in [3.8, 4) is 5.88 Å². The summed E-state index contributed by atoms with van der Waals surface area (Å²) in [6.07, 6.45) is 6.84. The zero-order valence-corrected chi connectivity index (χ0v) is 19.3. The minimum atomic E-state index is 0. The van der Waals surface area contributed by atoms with Gasteiger partial charge >= 0.3 is 0 Å². The molecule has 0 radical (unpaired) electrons. The lowest BCUT2D eigenvalue weighted by Gasteiger charge is -2.22. The Balaban J connectivity index is 0.00000261. The van der Waals surface area contributed by atoms with Gasteiger partial charge in [-0.1, -0.05) is 6.07 Å². The van der Waals surface area contributed by atoms with Gasteiger partial charge < -0.3 is 15.0 Å². The first kappa shape index (κ1) is 21.9. The van der Waals surface area contributed by atoms with Gasteiger partial charge in [0.1, 0.15) is 6.10 Å². The van der Waals surface area contributed by atoms with Crippen molar-refractivity contribution in [2.24, 2.45) is 4.99 Å². The van der Waals surface area contributed by atoms with Gasteiger partial charge in [-0.15, -0.1) is 35.3 Å². The third kappa shape index (κ3) is 6.31. The number of thiazole rings is 1. The molecule has 3 rings (SSSR count). The first-order valence-corrected chi connectivity index (χ1v) is 9.97. The van der Waals surface area contributed by atoms with Gasteiger partial charge in [0.05, 0.1) is 17.2 Å². The van der Waals surface area contributed by atoms with Crippen LogP contribution in [0.15, 0.2) is 28.7 Å². The summed E-state index contributed by atoms with van der Waals surface area (Å²) in [6.45, 7) is 3.38. The van der Waals surface area contributed by atoms with Crippen molar-refractivity contribution in [1.29, 1.82) is 0 Å². The fourth-order valence-electron chi connectivity index (χ4n) is 3.19. The van der Waals surface area contributed by atoms with E-state index in [1.54, 1.807) is 24.6 Å². The Bertz CT molecular complexity index is 745. The number of halogens is 1. The molecular formula is C19H28IN5OS. The number of aliphatic imine (C=N–C) groups is 1. The summed E-state index contributed by atoms with van der Waals surface area (Å²) >= 11 is 1.67. The van der Waals surface area contributed by atoms with E-state index in [0.717, 1.165) is 47.5 Å². The van der Waals surface area contributed by atoms with Crippen molar-refractivity contribution < 1.29 is 4.74 Å². The van der Waals surface area contributed by atoms with E-state index >= 15 is 0 Å². The van der Waals surface area contributed by atoms with Crippen LogP contribution in [0.2, 0.25) is 0 Å². The predicted octanol–water partition coefficient (Wildman–Crippen LogP) is 3.99. The fourth-order valence-corrected chi connectivity index (χ4v) is 3.79. The lowest BCUT2D eigenvalue weighted by Crippen LogP contribution is -2.38. The smallest absolute Gasteiger partial charge is 0.218 e. The topological polar surface area (TPSA) is 62.6 Å². The summed E-state index contributed by atoms with van der Waals surface area (Å²) in [5.74, 6) is 1.56. The van der Waals surface area contributed by atoms with E-state index in [1.165, 1.54) is 12.8 Å². The molecule has 1 aliphatic carbocycles. The van der Waals surface area contributed by atoms with Gasteiger partial charge in [0.25, 0.3) is 0 Å². The number of pyridine rings is 1. The number of aromatic nitrogens is 2. The molecule has 27 heavy (non-hydrogen) atoms. The molecule has 2 aromatic heterocycles. The molecule has 2 aromatic rings. The van der Waals surface area contributed by atoms with Crippen molar-refractivity contribution in [2.75, 3.05) is 14.1 Å². The predicted molar refractivity (Wildman–Crippen MR) is 121 cm³/mol. The Hall–Kier alpha value is -1.42. The molecule has 1 N–H and O–H groups in total. The van der Waals surface area contributed by atoms with Crippen LogP contribution in [0.25, 0.3) is 0 Å². The second kappa shape index (κ2) is 10.8. The number of nitrogens with one attached hydrogen (secondary N) is 1. The van der Waals surface area contributed by atoms with Crippen molar-refractivity contribution >= 4 is 41.3 Å². The van der Waals surface area contributed by atoms with Gasteiger partial charge in [-0.3, -0.25) is 4.99 Å². The summed E-state index contributed by atoms with van der Waals surface area (Å²) in [5.41, 5.74) is 2.11. The van der Waals surface area contributed by atoms with Crippen LogP contribution in [0.3, 0.4) is 0 Å². The average Bonchev–Trinajstić information content (AvgIpc) is 3.28. The Kier molecular flexibility index (Phi) is 8.75. The third-order valence-electron chi connectivity index (χ3n) is 4.51. The van der Waals surface area contributed by atoms with E-state index in [0.29, 0.717) is 12.6 Å². The average molecular weight is 501 g/mol. The molecule has 0 bridgehead atoms. The Morgan fingerprint density at radius 2 is 2.19 bits per heavy atom. The summed E-state index contributed by atoms with van der Waals surface area (Å²) in [4.78, 5) is 15.4. The lowest BCUT2D eigenvalue weighted by molar-refractivity contribution is 0.199. The zero-order valence-electron chi connectivity index (χ0n) is 16.1. The summed E-state index contributed by atoms with van der Waals surface area (Å²) < 4.78 is 6.12. The van der Waals surface area contributed by atoms with Gasteiger partial charge in [0.15, 0.2) is 5.96 Å². The molecule has 0 amide bonds. The quantitative estimate of drug-likeness (QED) is 0.369. The summed E-state index contributed by atoms with van der Waals surface area (Å²) in [7, 11) is 3.81. The molecular weight excluding hydrogens is 473 g/mol. The maximum atomic E-state index is 6.12. The second-order valence-electron chi connectivity index (χ2n) is 6.61. The highest BCUT2D eigenvalue weighted by atomic mass is 127. The van der Waals surface area contributed by atoms with E-state index in [2.05, 4.69) is 36.6 Å². The van der Waals surface area contributed by atoms with Crippen LogP contribution in [0.1, 0.15) is 41.9 Å². The molecule has 0 saturated heterocycles. The largest absolute Gasteiger partial charge is 0.474 e. The van der Waals surface area contributed by atoms with Crippen LogP contribution >= 0.6 is 35.3 Å². The van der Waals surface area contributed by atoms with E-state index in [4.69, 9.17) is 4.74 Å². The van der Waals surface area contributed by atoms with Gasteiger partial charge in [-0.25, -0.2) is 9.97 Å². The number of ether oxygens (including phenoxy) is 1. The molecule has 0 unspecified atom stereocenters. The number of guanidine groups is 1. The van der Waals surface area contributed by atoms with Crippen molar-refractivity contribution in [3.63, 3.8) is 0 Å². The van der Waals surface area contributed by atoms with Crippen LogP contribution in [0.5, 0.6) is 5.88 Å². The van der Waals surface area contributed by atoms with Gasteiger partial charge in [0, 0.05) is 37.8 Å². The molecule has 0 aliphatic heterocycles. The maximum absolute atomic E-state index is 6.12. The van der Waals surface area contributed by atoms with Gasteiger partial charge in [0.2, 0.25) is 5.88 Å². The molecule has 2 heterocycles. The number of rotatable bonds is 6. The first-order valence-electron chi connectivity index (χ1n) is 9.09. The van der Waals surface area contributed by atoms with E-state index in [9.17, 15) is 0 Å². The highest BCUT2D eigenvalue weighted by Crippen LogP contribution is 2.25. The van der Waals surface area contributed by atoms with Crippen LogP contribution < -0.4 is 10.1 Å². The number of hydrogen-bond acceptors (Lipinski definition) is 5. The molecule has 1 fully saturated rings. The highest BCUT2D eigenvalue weighted by Gasteiger charge is 2.19. The van der Waals surface area contributed by atoms with Crippen LogP contribution in [-0.2, 0) is 13.1 Å². The molecule has 0 atom stereocenters. The van der Waals surface area contributed by atoms with Crippen LogP contribution in [0.4, 0.5) is 0 Å². The van der Waals surface area contributed by atoms with E-state index in [1.807, 2.05) is 20.0 Å². The Morgan fingerprint density at radius 3 is 2.85 bits per heavy atom. The zero-order chi connectivity index (χ0) is 18.4. The van der Waals surface area contributed by atoms with E-state index in [-0.39, 0.29) is 24.0 Å². The fraction of sp³-hybridized carbons (Fsp3) is 0.526. The Labute approximate surface area is 182 Å². The minimum absolute atomic E-state index is 0. The Morgan fingerprint density at radius 1 is 1.41 bits per heavy atom. The van der Waals surface area contributed by atoms with Crippen LogP contribution in [0, 0.1) is 6.92 Å². The number of hydrogen-bond donors (Lipinski definition) is 1. The van der Waals surface area contributed by atoms with Gasteiger partial charge in [-0.05, 0) is 38.7 Å². The summed E-state index contributed by atoms with van der Waals surface area (Å²) in [5, 5.41) is 6.58. The molecule has 1 saturated carbocycles. The minimum Gasteiger partial charge on any atom is -0.474 e. The van der Waals surface area contributed by atoms with E-state index < -0.39 is 0 Å². The molecule has 0 spiro atoms. The van der Waals surface area contributed by atoms with Crippen LogP contribution in [-0.4, -0.2) is 41.0 Å². The molecule has 6 nitrogen and oxygen atoms in total. The summed E-state index contributed by atoms with van der Waals surface area (Å²) in [6, 6.07) is 4.00. The number of nitrogens with zero attached hydrogens (tertiary/aromatic N) is 4. The molecule has 148 valence electrons. The molecule has 8 heteroatoms. The molecule has 1 aliphatic rings. The normalized spacial score (nSPS) is 14.7. The highest BCUT2D eigenvalue weighted by molar-refractivity contribution is 14.0. The first-order chi connectivity index (χ1) is 12.7. The van der Waals surface area contributed by atoms with Gasteiger partial charge in [-0.2, -0.15) is 0 Å². The standard InChI is InChI=1S/C19H27N5OS.HI/c1-14-23-16(13-26-14)12-24(3)19(20-2)22-11-15-7-6-10-21-18(15)25-17-8-4-5-9-17;/h6-7,10,13,17H,4-5,8-9,11-12H2,1-3H3,(H,20,22);1H. The SMILES string of the molecule is CN=C(NCc1cccnc1OC1CCCC1)N(C)Cc1csc(C)n1.I. The third-order valence-corrected chi connectivity index (χ3v) is 5.33. The maximum Gasteiger partial charge on any atom is 0.218 e. The lowest BCUT2D eigenvalue weighted by atomic mass is 10.2. The number of aryl methyl sites for hydroxylation is 1. The molecule has 0 aromatic carbocycles.